The zero-order valence-electron chi connectivity index (χ0n) is 19.6. The number of fused-ring (bicyclic) bond motifs is 1. The minimum atomic E-state index is -0.187. The van der Waals surface area contributed by atoms with Crippen molar-refractivity contribution >= 4 is 28.9 Å². The van der Waals surface area contributed by atoms with Crippen molar-refractivity contribution in [3.8, 4) is 11.1 Å². The van der Waals surface area contributed by atoms with Gasteiger partial charge in [-0.1, -0.05) is 60.2 Å². The second-order valence-electron chi connectivity index (χ2n) is 8.70. The number of hydrogen-bond donors (Lipinski definition) is 2. The zero-order valence-corrected chi connectivity index (χ0v) is 19.6. The van der Waals surface area contributed by atoms with Gasteiger partial charge in [0.1, 0.15) is 0 Å². The molecule has 0 spiro atoms. The zero-order chi connectivity index (χ0) is 24.2. The maximum atomic E-state index is 13.3. The molecule has 0 aliphatic carbocycles. The van der Waals surface area contributed by atoms with Crippen molar-refractivity contribution in [3.63, 3.8) is 0 Å². The normalized spacial score (nSPS) is 12.8. The Morgan fingerprint density at radius 2 is 1.54 bits per heavy atom. The number of amides is 2. The topological polar surface area (TPSA) is 61.4 Å². The van der Waals surface area contributed by atoms with E-state index < -0.39 is 0 Å². The number of anilines is 3. The summed E-state index contributed by atoms with van der Waals surface area (Å²) in [5.74, 6) is -0.239. The molecule has 0 saturated carbocycles. The second-order valence-corrected chi connectivity index (χ2v) is 8.70. The Hall–Kier alpha value is -4.38. The van der Waals surface area contributed by atoms with Gasteiger partial charge in [-0.2, -0.15) is 0 Å². The van der Waals surface area contributed by atoms with Gasteiger partial charge < -0.3 is 15.5 Å². The summed E-state index contributed by atoms with van der Waals surface area (Å²) >= 11 is 0. The molecule has 0 saturated heterocycles. The molecule has 0 atom stereocenters. The molecule has 0 aromatic heterocycles. The molecule has 2 N–H and O–H groups in total. The highest BCUT2D eigenvalue weighted by Gasteiger charge is 2.22. The summed E-state index contributed by atoms with van der Waals surface area (Å²) < 4.78 is 0. The van der Waals surface area contributed by atoms with E-state index in [4.69, 9.17) is 0 Å². The number of carbonyl (C=O) groups is 2. The Labute approximate surface area is 205 Å². The summed E-state index contributed by atoms with van der Waals surface area (Å²) in [4.78, 5) is 28.3. The molecule has 1 aliphatic heterocycles. The fourth-order valence-corrected chi connectivity index (χ4v) is 4.37. The molecule has 2 amide bonds. The van der Waals surface area contributed by atoms with E-state index in [9.17, 15) is 9.59 Å². The van der Waals surface area contributed by atoms with Gasteiger partial charge in [0.05, 0.1) is 11.4 Å². The first-order valence-corrected chi connectivity index (χ1v) is 11.8. The molecule has 1 heterocycles. The van der Waals surface area contributed by atoms with Crippen LogP contribution in [0.1, 0.15) is 32.7 Å². The molecule has 5 rings (SSSR count). The molecule has 5 nitrogen and oxygen atoms in total. The smallest absolute Gasteiger partial charge is 0.258 e. The van der Waals surface area contributed by atoms with Crippen molar-refractivity contribution in [1.29, 1.82) is 0 Å². The van der Waals surface area contributed by atoms with Crippen LogP contribution in [0.15, 0.2) is 97.1 Å². The van der Waals surface area contributed by atoms with Crippen LogP contribution in [0.4, 0.5) is 17.1 Å². The Kier molecular flexibility index (Phi) is 6.31. The van der Waals surface area contributed by atoms with E-state index in [2.05, 4.69) is 10.6 Å². The van der Waals surface area contributed by atoms with Gasteiger partial charge in [-0.3, -0.25) is 9.59 Å². The van der Waals surface area contributed by atoms with Crippen molar-refractivity contribution < 1.29 is 9.59 Å². The Morgan fingerprint density at radius 3 is 2.34 bits per heavy atom. The largest absolute Gasteiger partial charge is 0.383 e. The van der Waals surface area contributed by atoms with E-state index in [-0.39, 0.29) is 11.8 Å². The summed E-state index contributed by atoms with van der Waals surface area (Å²) in [7, 11) is 0. The predicted molar refractivity (Wildman–Crippen MR) is 142 cm³/mol. The number of hydrogen-bond acceptors (Lipinski definition) is 3. The Balaban J connectivity index is 1.34. The number of carbonyl (C=O) groups excluding carboxylic acids is 2. The fraction of sp³-hybridized carbons (Fsp3) is 0.133. The predicted octanol–water partition coefficient (Wildman–Crippen LogP) is 6.38. The van der Waals surface area contributed by atoms with Gasteiger partial charge in [0.2, 0.25) is 0 Å². The van der Waals surface area contributed by atoms with Crippen LogP contribution >= 0.6 is 0 Å². The minimum absolute atomic E-state index is 0.0521. The monoisotopic (exact) mass is 461 g/mol. The van der Waals surface area contributed by atoms with E-state index in [1.54, 1.807) is 24.3 Å². The van der Waals surface area contributed by atoms with Crippen molar-refractivity contribution in [1.82, 2.24) is 0 Å². The van der Waals surface area contributed by atoms with Crippen molar-refractivity contribution in [3.05, 3.63) is 114 Å². The van der Waals surface area contributed by atoms with Crippen LogP contribution in [-0.4, -0.2) is 24.9 Å². The van der Waals surface area contributed by atoms with Gasteiger partial charge in [-0.05, 0) is 66.9 Å². The van der Waals surface area contributed by atoms with Gasteiger partial charge in [0, 0.05) is 29.9 Å². The van der Waals surface area contributed by atoms with E-state index in [1.165, 1.54) is 5.56 Å². The first-order valence-electron chi connectivity index (χ1n) is 11.8. The maximum Gasteiger partial charge on any atom is 0.258 e. The Bertz CT molecular complexity index is 1360. The van der Waals surface area contributed by atoms with E-state index in [1.807, 2.05) is 84.6 Å². The summed E-state index contributed by atoms with van der Waals surface area (Å²) in [6.45, 7) is 3.52. The van der Waals surface area contributed by atoms with E-state index in [0.717, 1.165) is 35.5 Å². The molecule has 174 valence electrons. The van der Waals surface area contributed by atoms with Crippen LogP contribution in [0, 0.1) is 6.92 Å². The van der Waals surface area contributed by atoms with Gasteiger partial charge >= 0.3 is 0 Å². The molecule has 4 aromatic carbocycles. The number of benzene rings is 4. The van der Waals surface area contributed by atoms with Crippen LogP contribution in [0.3, 0.4) is 0 Å². The van der Waals surface area contributed by atoms with Crippen LogP contribution < -0.4 is 15.5 Å². The summed E-state index contributed by atoms with van der Waals surface area (Å²) in [5.41, 5.74) is 6.73. The lowest BCUT2D eigenvalue weighted by Gasteiger charge is -2.22. The highest BCUT2D eigenvalue weighted by Crippen LogP contribution is 2.30. The average molecular weight is 462 g/mol. The maximum absolute atomic E-state index is 13.3. The first kappa shape index (κ1) is 22.4. The van der Waals surface area contributed by atoms with Crippen LogP contribution in [0.2, 0.25) is 0 Å². The summed E-state index contributed by atoms with van der Waals surface area (Å²) in [6, 6.07) is 30.7. The average Bonchev–Trinajstić information content (AvgIpc) is 3.12. The molecule has 4 aromatic rings. The molecule has 35 heavy (non-hydrogen) atoms. The SMILES string of the molecule is Cc1ccc(-c2ccccc2C(=O)Nc2ccc(C(=O)N3CCCNc4ccccc43)cc2)cc1. The third-order valence-corrected chi connectivity index (χ3v) is 6.24. The highest BCUT2D eigenvalue weighted by molar-refractivity contribution is 6.10. The summed E-state index contributed by atoms with van der Waals surface area (Å²) in [6.07, 6.45) is 0.870. The van der Waals surface area contributed by atoms with Crippen molar-refractivity contribution in [2.75, 3.05) is 28.6 Å². The number of rotatable bonds is 4. The molecule has 0 fully saturated rings. The van der Waals surface area contributed by atoms with Crippen LogP contribution in [0.5, 0.6) is 0 Å². The molecular formula is C30H27N3O2. The van der Waals surface area contributed by atoms with Gasteiger partial charge in [-0.15, -0.1) is 0 Å². The number of nitrogens with zero attached hydrogens (tertiary/aromatic N) is 1. The quantitative estimate of drug-likeness (QED) is 0.371. The molecule has 0 radical (unpaired) electrons. The third kappa shape index (κ3) is 4.80. The van der Waals surface area contributed by atoms with Gasteiger partial charge in [-0.25, -0.2) is 0 Å². The first-order chi connectivity index (χ1) is 17.1. The van der Waals surface area contributed by atoms with E-state index >= 15 is 0 Å². The standard InChI is InChI=1S/C30H27N3O2/c1-21-11-13-22(14-12-21)25-7-2-3-8-26(25)29(34)32-24-17-15-23(16-18-24)30(35)33-20-6-19-31-27-9-4-5-10-28(27)33/h2-5,7-18,31H,6,19-20H2,1H3,(H,32,34). The number of nitrogens with one attached hydrogen (secondary N) is 2. The molecule has 0 bridgehead atoms. The fourth-order valence-electron chi connectivity index (χ4n) is 4.37. The molecule has 0 unspecified atom stereocenters. The van der Waals surface area contributed by atoms with Crippen LogP contribution in [-0.2, 0) is 0 Å². The third-order valence-electron chi connectivity index (χ3n) is 6.24. The number of aryl methyl sites for hydroxylation is 1. The molecule has 1 aliphatic rings. The molecule has 5 heteroatoms. The van der Waals surface area contributed by atoms with Gasteiger partial charge in [0.25, 0.3) is 11.8 Å². The minimum Gasteiger partial charge on any atom is -0.383 e. The lowest BCUT2D eigenvalue weighted by atomic mass is 9.98. The van der Waals surface area contributed by atoms with Crippen LogP contribution in [0.25, 0.3) is 11.1 Å². The van der Waals surface area contributed by atoms with Gasteiger partial charge in [0.15, 0.2) is 0 Å². The second kappa shape index (κ2) is 9.85. The molecular weight excluding hydrogens is 434 g/mol. The van der Waals surface area contributed by atoms with E-state index in [0.29, 0.717) is 23.4 Å². The Morgan fingerprint density at radius 1 is 0.829 bits per heavy atom. The lowest BCUT2D eigenvalue weighted by molar-refractivity contribution is 0.0986. The van der Waals surface area contributed by atoms with Crippen molar-refractivity contribution in [2.45, 2.75) is 13.3 Å². The number of para-hydroxylation sites is 2. The van der Waals surface area contributed by atoms with Crippen molar-refractivity contribution in [2.24, 2.45) is 0 Å². The highest BCUT2D eigenvalue weighted by atomic mass is 16.2. The lowest BCUT2D eigenvalue weighted by Crippen LogP contribution is -2.31. The summed E-state index contributed by atoms with van der Waals surface area (Å²) in [5, 5.41) is 6.36.